The number of ether oxygens (including phenoxy) is 2. The molecule has 0 aromatic heterocycles. The van der Waals surface area contributed by atoms with Gasteiger partial charge in [0.15, 0.2) is 0 Å². The molecule has 0 spiro atoms. The summed E-state index contributed by atoms with van der Waals surface area (Å²) >= 11 is 0. The fourth-order valence-electron chi connectivity index (χ4n) is 6.23. The number of hydrogen-bond acceptors (Lipinski definition) is 8. The lowest BCUT2D eigenvalue weighted by Gasteiger charge is -2.35. The number of rotatable bonds is 26. The molecule has 0 aromatic rings. The lowest BCUT2D eigenvalue weighted by molar-refractivity contribution is -0.139. The zero-order valence-electron chi connectivity index (χ0n) is 32.3. The van der Waals surface area contributed by atoms with Crippen molar-refractivity contribution < 1.29 is 44.9 Å². The summed E-state index contributed by atoms with van der Waals surface area (Å²) in [6, 6.07) is 0. The topological polar surface area (TPSA) is 157 Å². The summed E-state index contributed by atoms with van der Waals surface area (Å²) in [6.45, 7) is 15.4. The molecule has 0 amide bonds. The first-order valence-corrected chi connectivity index (χ1v) is 18.2. The molecule has 0 aromatic carbocycles. The molecule has 0 bridgehead atoms. The fraction of sp³-hybridized carbons (Fsp3) is 0.683. The highest BCUT2D eigenvalue weighted by Gasteiger charge is 2.35. The van der Waals surface area contributed by atoms with Crippen molar-refractivity contribution >= 4 is 5.97 Å². The lowest BCUT2D eigenvalue weighted by Crippen LogP contribution is -2.42. The number of aliphatic hydroxyl groups is 5. The Kier molecular flexibility index (Phi) is 25.2. The molecule has 0 radical (unpaired) electrons. The Morgan fingerprint density at radius 3 is 1.62 bits per heavy atom. The second-order valence-electron chi connectivity index (χ2n) is 14.2. The number of aliphatic hydroxyl groups excluding tert-OH is 5. The summed E-state index contributed by atoms with van der Waals surface area (Å²) < 4.78 is 10.8. The van der Waals surface area contributed by atoms with Gasteiger partial charge in [-0.1, -0.05) is 114 Å². The molecule has 50 heavy (non-hydrogen) atoms. The smallest absolute Gasteiger partial charge is 0.306 e. The molecule has 0 fully saturated rings. The minimum Gasteiger partial charge on any atom is -0.481 e. The molecule has 0 aliphatic carbocycles. The summed E-state index contributed by atoms with van der Waals surface area (Å²) in [6.07, 6.45) is 17.6. The Hall–Kier alpha value is -2.37. The predicted molar refractivity (Wildman–Crippen MR) is 202 cm³/mol. The molecule has 0 saturated carbocycles. The van der Waals surface area contributed by atoms with Crippen LogP contribution in [0.2, 0.25) is 0 Å². The van der Waals surface area contributed by atoms with Crippen LogP contribution < -0.4 is 0 Å². The Morgan fingerprint density at radius 1 is 0.620 bits per heavy atom. The van der Waals surface area contributed by atoms with E-state index in [1.165, 1.54) is 12.7 Å². The normalized spacial score (nSPS) is 21.3. The van der Waals surface area contributed by atoms with E-state index in [4.69, 9.17) is 14.6 Å². The fourth-order valence-corrected chi connectivity index (χ4v) is 6.23. The molecule has 288 valence electrons. The maximum Gasteiger partial charge on any atom is 0.306 e. The van der Waals surface area contributed by atoms with Crippen LogP contribution in [0.4, 0.5) is 0 Å². The van der Waals surface area contributed by atoms with Gasteiger partial charge >= 0.3 is 5.97 Å². The van der Waals surface area contributed by atoms with Gasteiger partial charge in [0.1, 0.15) is 0 Å². The van der Waals surface area contributed by atoms with Crippen molar-refractivity contribution in [2.75, 3.05) is 14.2 Å². The van der Waals surface area contributed by atoms with E-state index >= 15 is 0 Å². The summed E-state index contributed by atoms with van der Waals surface area (Å²) in [5, 5.41) is 63.7. The minimum absolute atomic E-state index is 0.000612. The van der Waals surface area contributed by atoms with Gasteiger partial charge in [-0.3, -0.25) is 4.79 Å². The first-order chi connectivity index (χ1) is 23.5. The molecular weight excluding hydrogens is 636 g/mol. The molecule has 1 unspecified atom stereocenters. The van der Waals surface area contributed by atoms with Gasteiger partial charge in [0.2, 0.25) is 0 Å². The molecule has 0 aliphatic rings. The third-order valence-corrected chi connectivity index (χ3v) is 10.1. The second kappa shape index (κ2) is 26.4. The Morgan fingerprint density at radius 2 is 1.12 bits per heavy atom. The average Bonchev–Trinajstić information content (AvgIpc) is 3.10. The van der Waals surface area contributed by atoms with E-state index in [-0.39, 0.29) is 41.9 Å². The Balaban J connectivity index is 4.88. The molecule has 13 atom stereocenters. The molecule has 0 saturated heterocycles. The first-order valence-electron chi connectivity index (χ1n) is 18.2. The Labute approximate surface area is 302 Å². The van der Waals surface area contributed by atoms with Crippen molar-refractivity contribution in [3.63, 3.8) is 0 Å². The quantitative estimate of drug-likeness (QED) is 0.0441. The van der Waals surface area contributed by atoms with E-state index in [2.05, 4.69) is 0 Å². The zero-order chi connectivity index (χ0) is 38.4. The number of carbonyl (C=O) groups is 1. The van der Waals surface area contributed by atoms with Crippen molar-refractivity contribution in [2.24, 2.45) is 35.5 Å². The van der Waals surface area contributed by atoms with Crippen molar-refractivity contribution in [3.8, 4) is 0 Å². The average molecular weight is 707 g/mol. The maximum absolute atomic E-state index is 11.1. The number of aliphatic carboxylic acids is 1. The molecule has 9 nitrogen and oxygen atoms in total. The third kappa shape index (κ3) is 18.7. The minimum atomic E-state index is -0.918. The number of carboxylic acids is 1. The van der Waals surface area contributed by atoms with Crippen LogP contribution >= 0.6 is 0 Å². The monoisotopic (exact) mass is 707 g/mol. The van der Waals surface area contributed by atoms with Crippen LogP contribution in [0.1, 0.15) is 87.5 Å². The summed E-state index contributed by atoms with van der Waals surface area (Å²) in [5.74, 6) is -2.32. The van der Waals surface area contributed by atoms with Gasteiger partial charge in [-0.15, -0.1) is 0 Å². The van der Waals surface area contributed by atoms with Crippen LogP contribution in [0.3, 0.4) is 0 Å². The van der Waals surface area contributed by atoms with Crippen molar-refractivity contribution in [3.05, 3.63) is 72.4 Å². The number of allylic oxidation sites excluding steroid dienone is 10. The first kappa shape index (κ1) is 47.6. The molecular formula is C41H70O9. The highest BCUT2D eigenvalue weighted by molar-refractivity contribution is 5.67. The van der Waals surface area contributed by atoms with Crippen LogP contribution in [-0.4, -0.2) is 93.6 Å². The van der Waals surface area contributed by atoms with E-state index in [0.717, 1.165) is 6.42 Å². The molecule has 0 heterocycles. The summed E-state index contributed by atoms with van der Waals surface area (Å²) in [7, 11) is 3.04. The largest absolute Gasteiger partial charge is 0.481 e. The number of methoxy groups -OCH3 is 2. The summed E-state index contributed by atoms with van der Waals surface area (Å²) in [5.41, 5.74) is 1.20. The van der Waals surface area contributed by atoms with Crippen LogP contribution in [0.25, 0.3) is 0 Å². The summed E-state index contributed by atoms with van der Waals surface area (Å²) in [4.78, 5) is 10.8. The van der Waals surface area contributed by atoms with E-state index in [0.29, 0.717) is 19.3 Å². The second-order valence-corrected chi connectivity index (χ2v) is 14.2. The highest BCUT2D eigenvalue weighted by atomic mass is 16.5. The standard InChI is InChI=1S/C41H70O9/c1-11-27(2)24-30(5)40(47)33(8)41(48)31(6)36(50-10)25-34(42)23-22-29(4)39(46)32(7)38(45)28(3)20-18-16-14-12-13-15-17-19-21-35(49-9)26-37(43)44/h11-21,28-36,38-42,45-48H,22-26H2,1-10H3,(H,43,44)/b13-12-,16-14+,17-15+,20-18-,21-19-,27-11+/t28-,29-,30?,31+,32-,33+,34-,35+,36+,38-,39-,40-,41-/m0/s1. The lowest BCUT2D eigenvalue weighted by atomic mass is 9.79. The van der Waals surface area contributed by atoms with Crippen LogP contribution in [-0.2, 0) is 14.3 Å². The van der Waals surface area contributed by atoms with Gasteiger partial charge < -0.3 is 40.1 Å². The van der Waals surface area contributed by atoms with Crippen molar-refractivity contribution in [1.82, 2.24) is 0 Å². The van der Waals surface area contributed by atoms with Gasteiger partial charge in [-0.05, 0) is 51.4 Å². The zero-order valence-corrected chi connectivity index (χ0v) is 32.3. The van der Waals surface area contributed by atoms with E-state index in [1.807, 2.05) is 104 Å². The molecule has 9 heteroatoms. The van der Waals surface area contributed by atoms with Crippen molar-refractivity contribution in [1.29, 1.82) is 0 Å². The van der Waals surface area contributed by atoms with Gasteiger partial charge in [0.05, 0.1) is 49.1 Å². The van der Waals surface area contributed by atoms with Gasteiger partial charge in [-0.2, -0.15) is 0 Å². The van der Waals surface area contributed by atoms with Crippen LogP contribution in [0.15, 0.2) is 72.4 Å². The van der Waals surface area contributed by atoms with E-state index in [1.54, 1.807) is 25.3 Å². The Bertz CT molecular complexity index is 1090. The van der Waals surface area contributed by atoms with Crippen LogP contribution in [0.5, 0.6) is 0 Å². The van der Waals surface area contributed by atoms with Gasteiger partial charge in [0, 0.05) is 37.9 Å². The van der Waals surface area contributed by atoms with Gasteiger partial charge in [0.25, 0.3) is 0 Å². The van der Waals surface area contributed by atoms with Crippen molar-refractivity contribution in [2.45, 2.75) is 130 Å². The van der Waals surface area contributed by atoms with Gasteiger partial charge in [-0.25, -0.2) is 0 Å². The SMILES string of the molecule is C/C=C(\C)CC(C)[C@H](O)[C@@H](C)[C@@H](O)[C@H](C)[C@@H](C[C@@H](O)CC[C@H](C)[C@H](O)[C@@H](C)[C@@H](O)[C@@H](C)\C=C/C=C/C=C\C=C\C=C/[C@H](CC(=O)O)OC)OC. The number of carboxylic acid groups (broad SMARTS) is 1. The maximum atomic E-state index is 11.1. The molecule has 6 N–H and O–H groups in total. The molecule has 0 rings (SSSR count). The predicted octanol–water partition coefficient (Wildman–Crippen LogP) is 6.42. The highest BCUT2D eigenvalue weighted by Crippen LogP contribution is 2.30. The van der Waals surface area contributed by atoms with E-state index in [9.17, 15) is 30.3 Å². The number of hydrogen-bond donors (Lipinski definition) is 6. The van der Waals surface area contributed by atoms with Crippen LogP contribution in [0, 0.1) is 35.5 Å². The van der Waals surface area contributed by atoms with E-state index < -0.39 is 48.7 Å². The molecule has 0 aliphatic heterocycles. The third-order valence-electron chi connectivity index (χ3n) is 10.1.